The number of ether oxygens (including phenoxy) is 1. The van der Waals surface area contributed by atoms with Gasteiger partial charge in [-0.25, -0.2) is 0 Å². The molecule has 2 N–H and O–H groups in total. The van der Waals surface area contributed by atoms with Gasteiger partial charge in [0.05, 0.1) is 0 Å². The molecule has 3 aromatic carbocycles. The topological polar surface area (TPSA) is 67.4 Å². The minimum atomic E-state index is -0.409. The Hall–Kier alpha value is -4.16. The molecule has 0 fully saturated rings. The molecule has 0 aliphatic heterocycles. The highest BCUT2D eigenvalue weighted by atomic mass is 32.1. The van der Waals surface area contributed by atoms with Gasteiger partial charge in [0.25, 0.3) is 11.8 Å². The minimum absolute atomic E-state index is 0.167. The number of hydrogen-bond donors (Lipinski definition) is 2. The van der Waals surface area contributed by atoms with Crippen molar-refractivity contribution < 1.29 is 14.3 Å². The molecule has 0 atom stereocenters. The summed E-state index contributed by atoms with van der Waals surface area (Å²) in [4.78, 5) is 26.8. The molecular formula is C28H24N2O3S. The summed E-state index contributed by atoms with van der Waals surface area (Å²) >= 11 is 1.48. The monoisotopic (exact) mass is 468 g/mol. The van der Waals surface area contributed by atoms with E-state index in [1.165, 1.54) is 11.3 Å². The van der Waals surface area contributed by atoms with Crippen molar-refractivity contribution in [1.82, 2.24) is 5.32 Å². The molecule has 0 bridgehead atoms. The third-order valence-electron chi connectivity index (χ3n) is 5.07. The van der Waals surface area contributed by atoms with Crippen LogP contribution in [0.5, 0.6) is 5.75 Å². The fourth-order valence-electron chi connectivity index (χ4n) is 3.27. The molecule has 0 spiro atoms. The van der Waals surface area contributed by atoms with Crippen LogP contribution in [0.15, 0.2) is 102 Å². The zero-order valence-corrected chi connectivity index (χ0v) is 19.5. The molecule has 2 amide bonds. The summed E-state index contributed by atoms with van der Waals surface area (Å²) in [5, 5.41) is 7.54. The van der Waals surface area contributed by atoms with Crippen LogP contribution in [0.25, 0.3) is 6.08 Å². The molecule has 34 heavy (non-hydrogen) atoms. The molecule has 170 valence electrons. The van der Waals surface area contributed by atoms with Crippen LogP contribution in [0.2, 0.25) is 0 Å². The molecule has 4 rings (SSSR count). The van der Waals surface area contributed by atoms with Crippen LogP contribution < -0.4 is 15.4 Å². The predicted molar refractivity (Wildman–Crippen MR) is 137 cm³/mol. The SMILES string of the molecule is Cc1ccccc1C(=O)N/C(=C\c1cccs1)C(=O)Nc1ccc(OCc2ccccc2)cc1. The van der Waals surface area contributed by atoms with E-state index in [4.69, 9.17) is 4.74 Å². The molecule has 1 aromatic heterocycles. The van der Waals surface area contributed by atoms with Gasteiger partial charge in [-0.05, 0) is 65.9 Å². The lowest BCUT2D eigenvalue weighted by Crippen LogP contribution is -2.31. The van der Waals surface area contributed by atoms with E-state index in [1.807, 2.05) is 66.9 Å². The second-order valence-corrected chi connectivity index (χ2v) is 8.57. The van der Waals surface area contributed by atoms with Crippen LogP contribution in [-0.4, -0.2) is 11.8 Å². The first-order valence-corrected chi connectivity index (χ1v) is 11.7. The van der Waals surface area contributed by atoms with Crippen LogP contribution >= 0.6 is 11.3 Å². The molecule has 0 aliphatic rings. The van der Waals surface area contributed by atoms with Gasteiger partial charge in [0.2, 0.25) is 0 Å². The average Bonchev–Trinajstić information content (AvgIpc) is 3.37. The molecule has 5 nitrogen and oxygen atoms in total. The summed E-state index contributed by atoms with van der Waals surface area (Å²) in [6.07, 6.45) is 1.67. The van der Waals surface area contributed by atoms with Crippen molar-refractivity contribution in [2.24, 2.45) is 0 Å². The molecule has 0 saturated heterocycles. The Morgan fingerprint density at radius 2 is 1.62 bits per heavy atom. The maximum atomic E-state index is 13.1. The van der Waals surface area contributed by atoms with Crippen molar-refractivity contribution in [2.75, 3.05) is 5.32 Å². The van der Waals surface area contributed by atoms with Crippen molar-refractivity contribution in [2.45, 2.75) is 13.5 Å². The number of thiophene rings is 1. The van der Waals surface area contributed by atoms with Gasteiger partial charge in [-0.3, -0.25) is 9.59 Å². The van der Waals surface area contributed by atoms with Gasteiger partial charge in [0.1, 0.15) is 18.1 Å². The van der Waals surface area contributed by atoms with Crippen molar-refractivity contribution in [1.29, 1.82) is 0 Å². The summed E-state index contributed by atoms with van der Waals surface area (Å²) in [7, 11) is 0. The maximum absolute atomic E-state index is 13.1. The number of anilines is 1. The highest BCUT2D eigenvalue weighted by Gasteiger charge is 2.16. The molecule has 0 aliphatic carbocycles. The smallest absolute Gasteiger partial charge is 0.272 e. The zero-order valence-electron chi connectivity index (χ0n) is 18.7. The first kappa shape index (κ1) is 23.0. The number of amides is 2. The van der Waals surface area contributed by atoms with Gasteiger partial charge in [0, 0.05) is 16.1 Å². The second kappa shape index (κ2) is 11.1. The van der Waals surface area contributed by atoms with Crippen LogP contribution in [0, 0.1) is 6.92 Å². The van der Waals surface area contributed by atoms with Gasteiger partial charge < -0.3 is 15.4 Å². The van der Waals surface area contributed by atoms with Crippen molar-refractivity contribution >= 4 is 34.9 Å². The summed E-state index contributed by atoms with van der Waals surface area (Å²) in [6.45, 7) is 2.32. The second-order valence-electron chi connectivity index (χ2n) is 7.60. The van der Waals surface area contributed by atoms with Crippen molar-refractivity contribution in [3.05, 3.63) is 124 Å². The fraction of sp³-hybridized carbons (Fsp3) is 0.0714. The lowest BCUT2D eigenvalue weighted by atomic mass is 10.1. The average molecular weight is 469 g/mol. The van der Waals surface area contributed by atoms with Crippen LogP contribution in [0.1, 0.15) is 26.4 Å². The number of carbonyl (C=O) groups excluding carboxylic acids is 2. The van der Waals surface area contributed by atoms with Gasteiger partial charge in [-0.2, -0.15) is 0 Å². The Kier molecular flexibility index (Phi) is 7.53. The van der Waals surface area contributed by atoms with Crippen molar-refractivity contribution in [3.8, 4) is 5.75 Å². The van der Waals surface area contributed by atoms with Gasteiger partial charge >= 0.3 is 0 Å². The predicted octanol–water partition coefficient (Wildman–Crippen LogP) is 6.05. The first-order valence-electron chi connectivity index (χ1n) is 10.8. The van der Waals surface area contributed by atoms with E-state index in [0.717, 1.165) is 16.0 Å². The number of aryl methyl sites for hydroxylation is 1. The number of hydrogen-bond acceptors (Lipinski definition) is 4. The lowest BCUT2D eigenvalue weighted by Gasteiger charge is -2.12. The van der Waals surface area contributed by atoms with Crippen LogP contribution in [0.3, 0.4) is 0 Å². The fourth-order valence-corrected chi connectivity index (χ4v) is 3.92. The Morgan fingerprint density at radius 1 is 0.882 bits per heavy atom. The van der Waals surface area contributed by atoms with E-state index in [0.29, 0.717) is 23.6 Å². The van der Waals surface area contributed by atoms with E-state index in [9.17, 15) is 9.59 Å². The molecule has 1 heterocycles. The van der Waals surface area contributed by atoms with E-state index in [-0.39, 0.29) is 11.6 Å². The molecule has 4 aromatic rings. The molecule has 0 radical (unpaired) electrons. The number of nitrogens with one attached hydrogen (secondary N) is 2. The third kappa shape index (κ3) is 6.21. The zero-order chi connectivity index (χ0) is 23.8. The maximum Gasteiger partial charge on any atom is 0.272 e. The molecule has 0 saturated carbocycles. The molecular weight excluding hydrogens is 444 g/mol. The Bertz CT molecular complexity index is 1280. The highest BCUT2D eigenvalue weighted by molar-refractivity contribution is 7.10. The highest BCUT2D eigenvalue weighted by Crippen LogP contribution is 2.19. The van der Waals surface area contributed by atoms with Crippen molar-refractivity contribution in [3.63, 3.8) is 0 Å². The van der Waals surface area contributed by atoms with Crippen LogP contribution in [0.4, 0.5) is 5.69 Å². The largest absolute Gasteiger partial charge is 0.489 e. The first-order chi connectivity index (χ1) is 16.6. The van der Waals surface area contributed by atoms with E-state index in [2.05, 4.69) is 10.6 Å². The Morgan fingerprint density at radius 3 is 2.32 bits per heavy atom. The Balaban J connectivity index is 1.45. The van der Waals surface area contributed by atoms with E-state index in [1.54, 1.807) is 42.5 Å². The summed E-state index contributed by atoms with van der Waals surface area (Å²) in [5.74, 6) is -0.0435. The summed E-state index contributed by atoms with van der Waals surface area (Å²) < 4.78 is 5.80. The number of rotatable bonds is 8. The quantitative estimate of drug-likeness (QED) is 0.310. The summed E-state index contributed by atoms with van der Waals surface area (Å²) in [6, 6.07) is 28.1. The number of benzene rings is 3. The van der Waals surface area contributed by atoms with Gasteiger partial charge in [0.15, 0.2) is 0 Å². The summed E-state index contributed by atoms with van der Waals surface area (Å²) in [5.41, 5.74) is 3.20. The van der Waals surface area contributed by atoms with Crippen LogP contribution in [-0.2, 0) is 11.4 Å². The normalized spacial score (nSPS) is 11.0. The standard InChI is InChI=1S/C28H24N2O3S/c1-20-8-5-6-12-25(20)27(31)30-26(18-24-11-7-17-34-24)28(32)29-22-13-15-23(16-14-22)33-19-21-9-3-2-4-10-21/h2-18H,19H2,1H3,(H,29,32)(H,30,31)/b26-18-. The molecule has 0 unspecified atom stereocenters. The lowest BCUT2D eigenvalue weighted by molar-refractivity contribution is -0.113. The van der Waals surface area contributed by atoms with Gasteiger partial charge in [-0.1, -0.05) is 54.6 Å². The van der Waals surface area contributed by atoms with E-state index >= 15 is 0 Å². The molecule has 6 heteroatoms. The van der Waals surface area contributed by atoms with Gasteiger partial charge in [-0.15, -0.1) is 11.3 Å². The Labute approximate surface area is 202 Å². The minimum Gasteiger partial charge on any atom is -0.489 e. The third-order valence-corrected chi connectivity index (χ3v) is 5.89. The number of carbonyl (C=O) groups is 2. The van der Waals surface area contributed by atoms with E-state index < -0.39 is 5.91 Å².